The monoisotopic (exact) mass is 385 g/mol. The Labute approximate surface area is 159 Å². The largest absolute Gasteiger partial charge is 0.493 e. The van der Waals surface area contributed by atoms with Gasteiger partial charge in [0.25, 0.3) is 5.91 Å². The molecule has 0 spiro atoms. The molecule has 0 radical (unpaired) electrons. The maximum absolute atomic E-state index is 13.7. The van der Waals surface area contributed by atoms with Gasteiger partial charge in [0.1, 0.15) is 5.82 Å². The van der Waals surface area contributed by atoms with Crippen LogP contribution in [0.2, 0.25) is 0 Å². The fourth-order valence-electron chi connectivity index (χ4n) is 2.29. The van der Waals surface area contributed by atoms with E-state index in [1.54, 1.807) is 50.6 Å². The van der Waals surface area contributed by atoms with Crippen LogP contribution >= 0.6 is 11.8 Å². The topological polar surface area (TPSA) is 72.3 Å². The number of carbonyl (C=O) groups is 1. The van der Waals surface area contributed by atoms with Gasteiger partial charge in [-0.2, -0.15) is 5.10 Å². The van der Waals surface area contributed by atoms with E-state index < -0.39 is 5.82 Å². The van der Waals surface area contributed by atoms with Gasteiger partial charge in [0, 0.05) is 5.56 Å². The van der Waals surface area contributed by atoms with E-state index >= 15 is 0 Å². The molecule has 1 fully saturated rings. The molecule has 3 rings (SSSR count). The minimum absolute atomic E-state index is 0.319. The first-order valence-corrected chi connectivity index (χ1v) is 8.71. The van der Waals surface area contributed by atoms with Crippen molar-refractivity contribution >= 4 is 35.1 Å². The van der Waals surface area contributed by atoms with E-state index in [4.69, 9.17) is 9.47 Å². The molecule has 138 valence electrons. The van der Waals surface area contributed by atoms with E-state index in [9.17, 15) is 9.18 Å². The second-order valence-corrected chi connectivity index (χ2v) is 6.38. The van der Waals surface area contributed by atoms with Gasteiger partial charge in [0.2, 0.25) is 0 Å². The number of methoxy groups -OCH3 is 2. The predicted octanol–water partition coefficient (Wildman–Crippen LogP) is 3.44. The number of carbonyl (C=O) groups excluding carboxylic acids is 1. The van der Waals surface area contributed by atoms with Crippen LogP contribution in [0.3, 0.4) is 0 Å². The third-order valence-electron chi connectivity index (χ3n) is 3.61. The second-order valence-electron chi connectivity index (χ2n) is 5.35. The minimum Gasteiger partial charge on any atom is -0.493 e. The van der Waals surface area contributed by atoms with E-state index in [1.165, 1.54) is 18.4 Å². The molecule has 1 saturated heterocycles. The Kier molecular flexibility index (Phi) is 5.87. The fraction of sp³-hybridized carbons (Fsp3) is 0.105. The summed E-state index contributed by atoms with van der Waals surface area (Å²) in [4.78, 5) is 12.3. The zero-order valence-corrected chi connectivity index (χ0v) is 15.4. The van der Waals surface area contributed by atoms with Gasteiger partial charge in [-0.05, 0) is 47.7 Å². The van der Waals surface area contributed by atoms with Crippen LogP contribution in [0.25, 0.3) is 6.08 Å². The van der Waals surface area contributed by atoms with Crippen molar-refractivity contribution in [1.29, 1.82) is 0 Å². The standard InChI is InChI=1S/C19H16FN3O3S/c1-25-15-8-7-12(9-16(15)26-2)11-21-23-19-22-18(24)17(27-19)10-13-5-3-4-6-14(13)20/h3-11H,1-2H3,(H,22,23,24)/b17-10+,21-11-. The molecule has 0 saturated carbocycles. The molecule has 6 nitrogen and oxygen atoms in total. The van der Waals surface area contributed by atoms with Crippen molar-refractivity contribution < 1.29 is 18.7 Å². The summed E-state index contributed by atoms with van der Waals surface area (Å²) in [5.74, 6) is 0.453. The first-order chi connectivity index (χ1) is 13.1. The lowest BCUT2D eigenvalue weighted by Gasteiger charge is -2.07. The fourth-order valence-corrected chi connectivity index (χ4v) is 3.06. The number of amides is 1. The molecule has 0 bridgehead atoms. The molecule has 1 aliphatic heterocycles. The number of benzene rings is 2. The number of nitrogens with zero attached hydrogens (tertiary/aromatic N) is 2. The second kappa shape index (κ2) is 8.50. The molecular formula is C19H16FN3O3S. The number of thioether (sulfide) groups is 1. The zero-order valence-electron chi connectivity index (χ0n) is 14.6. The van der Waals surface area contributed by atoms with Gasteiger partial charge in [0.05, 0.1) is 25.3 Å². The molecule has 1 heterocycles. The first kappa shape index (κ1) is 18.7. The van der Waals surface area contributed by atoms with Gasteiger partial charge in [-0.15, -0.1) is 5.10 Å². The summed E-state index contributed by atoms with van der Waals surface area (Å²) in [6, 6.07) is 11.5. The highest BCUT2D eigenvalue weighted by molar-refractivity contribution is 8.18. The molecular weight excluding hydrogens is 369 g/mol. The number of hydrogen-bond donors (Lipinski definition) is 1. The van der Waals surface area contributed by atoms with Crippen molar-refractivity contribution in [2.45, 2.75) is 0 Å². The van der Waals surface area contributed by atoms with Crippen LogP contribution in [0.15, 0.2) is 57.6 Å². The molecule has 0 atom stereocenters. The molecule has 8 heteroatoms. The molecule has 0 aromatic heterocycles. The Hall–Kier alpha value is -3.13. The van der Waals surface area contributed by atoms with Crippen molar-refractivity contribution in [3.05, 3.63) is 64.3 Å². The maximum atomic E-state index is 13.7. The van der Waals surface area contributed by atoms with E-state index in [2.05, 4.69) is 15.5 Å². The Morgan fingerprint density at radius 3 is 2.63 bits per heavy atom. The lowest BCUT2D eigenvalue weighted by Crippen LogP contribution is -2.19. The number of rotatable bonds is 5. The Morgan fingerprint density at radius 1 is 1.11 bits per heavy atom. The van der Waals surface area contributed by atoms with Crippen LogP contribution < -0.4 is 14.8 Å². The molecule has 2 aromatic rings. The van der Waals surface area contributed by atoms with Gasteiger partial charge in [-0.3, -0.25) is 10.1 Å². The van der Waals surface area contributed by atoms with Crippen LogP contribution in [-0.2, 0) is 4.79 Å². The average Bonchev–Trinajstić information content (AvgIpc) is 3.02. The van der Waals surface area contributed by atoms with Crippen molar-refractivity contribution in [1.82, 2.24) is 5.32 Å². The molecule has 1 N–H and O–H groups in total. The molecule has 1 aliphatic rings. The van der Waals surface area contributed by atoms with E-state index in [-0.39, 0.29) is 5.91 Å². The summed E-state index contributed by atoms with van der Waals surface area (Å²) in [7, 11) is 3.11. The lowest BCUT2D eigenvalue weighted by molar-refractivity contribution is -0.115. The lowest BCUT2D eigenvalue weighted by atomic mass is 10.2. The van der Waals surface area contributed by atoms with Crippen LogP contribution in [0.4, 0.5) is 4.39 Å². The van der Waals surface area contributed by atoms with Crippen LogP contribution in [0, 0.1) is 5.82 Å². The summed E-state index contributed by atoms with van der Waals surface area (Å²) < 4.78 is 24.1. The van der Waals surface area contributed by atoms with Crippen molar-refractivity contribution in [2.24, 2.45) is 10.2 Å². The average molecular weight is 385 g/mol. The van der Waals surface area contributed by atoms with Gasteiger partial charge in [0.15, 0.2) is 16.7 Å². The number of amidine groups is 1. The summed E-state index contributed by atoms with van der Waals surface area (Å²) in [6.45, 7) is 0. The predicted molar refractivity (Wildman–Crippen MR) is 105 cm³/mol. The zero-order chi connectivity index (χ0) is 19.2. The molecule has 27 heavy (non-hydrogen) atoms. The normalized spacial score (nSPS) is 16.9. The summed E-state index contributed by atoms with van der Waals surface area (Å²) >= 11 is 1.10. The van der Waals surface area contributed by atoms with Crippen molar-refractivity contribution in [3.8, 4) is 11.5 Å². The minimum atomic E-state index is -0.393. The van der Waals surface area contributed by atoms with Gasteiger partial charge in [-0.1, -0.05) is 18.2 Å². The van der Waals surface area contributed by atoms with Gasteiger partial charge >= 0.3 is 0 Å². The highest BCUT2D eigenvalue weighted by atomic mass is 32.2. The van der Waals surface area contributed by atoms with Crippen LogP contribution in [0.5, 0.6) is 11.5 Å². The maximum Gasteiger partial charge on any atom is 0.264 e. The van der Waals surface area contributed by atoms with Gasteiger partial charge in [-0.25, -0.2) is 4.39 Å². The SMILES string of the molecule is COc1ccc(/C=N\N=C2/NC(=O)/C(=C\c3ccccc3F)S2)cc1OC. The van der Waals surface area contributed by atoms with E-state index in [0.717, 1.165) is 17.3 Å². The Balaban J connectivity index is 1.73. The number of ether oxygens (including phenoxy) is 2. The molecule has 2 aromatic carbocycles. The molecule has 1 amide bonds. The molecule has 0 unspecified atom stereocenters. The highest BCUT2D eigenvalue weighted by Crippen LogP contribution is 2.28. The third kappa shape index (κ3) is 4.53. The highest BCUT2D eigenvalue weighted by Gasteiger charge is 2.24. The summed E-state index contributed by atoms with van der Waals surface area (Å²) in [6.07, 6.45) is 3.01. The van der Waals surface area contributed by atoms with Crippen molar-refractivity contribution in [2.75, 3.05) is 14.2 Å². The van der Waals surface area contributed by atoms with E-state index in [1.807, 2.05) is 0 Å². The Bertz CT molecular complexity index is 957. The number of halogens is 1. The third-order valence-corrected chi connectivity index (χ3v) is 4.51. The van der Waals surface area contributed by atoms with Crippen LogP contribution in [0.1, 0.15) is 11.1 Å². The van der Waals surface area contributed by atoms with Gasteiger partial charge < -0.3 is 9.47 Å². The summed E-state index contributed by atoms with van der Waals surface area (Å²) in [5, 5.41) is 10.9. The number of nitrogens with one attached hydrogen (secondary N) is 1. The van der Waals surface area contributed by atoms with Crippen molar-refractivity contribution in [3.63, 3.8) is 0 Å². The quantitative estimate of drug-likeness (QED) is 0.486. The number of hydrogen-bond acceptors (Lipinski definition) is 6. The smallest absolute Gasteiger partial charge is 0.264 e. The van der Waals surface area contributed by atoms with Crippen LogP contribution in [-0.4, -0.2) is 31.5 Å². The Morgan fingerprint density at radius 2 is 1.89 bits per heavy atom. The first-order valence-electron chi connectivity index (χ1n) is 7.89. The molecule has 0 aliphatic carbocycles. The van der Waals surface area contributed by atoms with E-state index in [0.29, 0.717) is 27.1 Å². The summed E-state index contributed by atoms with van der Waals surface area (Å²) in [5.41, 5.74) is 1.10.